The Bertz CT molecular complexity index is 758. The van der Waals surface area contributed by atoms with E-state index in [1.807, 2.05) is 29.8 Å². The Kier molecular flexibility index (Phi) is 3.84. The molecule has 1 N–H and O–H groups in total. The molecule has 1 aromatic carbocycles. The number of aromatic amines is 1. The van der Waals surface area contributed by atoms with Crippen LogP contribution in [-0.2, 0) is 6.54 Å². The maximum Gasteiger partial charge on any atom is 0.178 e. The van der Waals surface area contributed by atoms with Crippen molar-refractivity contribution >= 4 is 34.6 Å². The van der Waals surface area contributed by atoms with Crippen LogP contribution in [-0.4, -0.2) is 21.1 Å². The first-order valence-corrected chi connectivity index (χ1v) is 7.81. The second-order valence-electron chi connectivity index (χ2n) is 4.44. The largest absolute Gasteiger partial charge is 0.491 e. The number of ether oxygens (including phenoxy) is 1. The van der Waals surface area contributed by atoms with Gasteiger partial charge in [0, 0.05) is 11.6 Å². The van der Waals surface area contributed by atoms with Crippen LogP contribution in [0.5, 0.6) is 5.75 Å². The van der Waals surface area contributed by atoms with E-state index in [0.717, 1.165) is 28.2 Å². The van der Waals surface area contributed by atoms with Crippen LogP contribution < -0.4 is 4.74 Å². The Morgan fingerprint density at radius 3 is 3.10 bits per heavy atom. The smallest absolute Gasteiger partial charge is 0.178 e. The summed E-state index contributed by atoms with van der Waals surface area (Å²) in [7, 11) is 0. The molecule has 104 valence electrons. The van der Waals surface area contributed by atoms with E-state index in [-0.39, 0.29) is 0 Å². The Morgan fingerprint density at radius 2 is 2.35 bits per heavy atom. The van der Waals surface area contributed by atoms with Gasteiger partial charge < -0.3 is 14.3 Å². The summed E-state index contributed by atoms with van der Waals surface area (Å²) < 4.78 is 8.52. The summed E-state index contributed by atoms with van der Waals surface area (Å²) in [5.41, 5.74) is 2.02. The van der Waals surface area contributed by atoms with E-state index in [0.29, 0.717) is 17.9 Å². The average molecular weight is 305 g/mol. The first-order valence-electron chi connectivity index (χ1n) is 6.52. The zero-order chi connectivity index (χ0) is 13.9. The van der Waals surface area contributed by atoms with E-state index < -0.39 is 0 Å². The highest BCUT2D eigenvalue weighted by Crippen LogP contribution is 2.26. The molecule has 0 radical (unpaired) electrons. The number of aromatic nitrogens is 3. The Labute approximate surface area is 126 Å². The van der Waals surface area contributed by atoms with Crippen molar-refractivity contribution in [2.45, 2.75) is 19.9 Å². The van der Waals surface area contributed by atoms with Crippen LogP contribution in [0.25, 0.3) is 11.0 Å². The minimum atomic E-state index is 0.688. The second-order valence-corrected chi connectivity index (χ2v) is 5.81. The number of hydrogen-bond acceptors (Lipinski definition) is 4. The lowest BCUT2D eigenvalue weighted by molar-refractivity contribution is 0.320. The van der Waals surface area contributed by atoms with E-state index in [1.54, 1.807) is 11.3 Å². The van der Waals surface area contributed by atoms with Gasteiger partial charge in [-0.3, -0.25) is 0 Å². The molecule has 2 aromatic heterocycles. The minimum absolute atomic E-state index is 0.688. The third kappa shape index (κ3) is 2.48. The molecule has 0 unspecified atom stereocenters. The van der Waals surface area contributed by atoms with Crippen LogP contribution in [0, 0.1) is 4.77 Å². The predicted molar refractivity (Wildman–Crippen MR) is 84.1 cm³/mol. The van der Waals surface area contributed by atoms with Crippen molar-refractivity contribution in [3.8, 4) is 5.75 Å². The van der Waals surface area contributed by atoms with Gasteiger partial charge in [-0.1, -0.05) is 13.0 Å². The normalized spacial score (nSPS) is 11.1. The zero-order valence-corrected chi connectivity index (χ0v) is 12.8. The summed E-state index contributed by atoms with van der Waals surface area (Å²) in [6, 6.07) is 6.01. The molecule has 0 atom stereocenters. The molecule has 0 amide bonds. The van der Waals surface area contributed by atoms with Crippen LogP contribution in [0.2, 0.25) is 0 Å². The van der Waals surface area contributed by atoms with Crippen LogP contribution in [0.3, 0.4) is 0 Å². The number of imidazole rings is 1. The van der Waals surface area contributed by atoms with E-state index in [4.69, 9.17) is 17.0 Å². The van der Waals surface area contributed by atoms with Crippen LogP contribution in [0.15, 0.2) is 29.8 Å². The fraction of sp³-hybridized carbons (Fsp3) is 0.286. The number of nitrogens with zero attached hydrogens (tertiary/aromatic N) is 2. The van der Waals surface area contributed by atoms with Crippen LogP contribution in [0.1, 0.15) is 18.4 Å². The molecule has 3 rings (SSSR count). The van der Waals surface area contributed by atoms with Gasteiger partial charge in [0.1, 0.15) is 16.3 Å². The molecule has 0 saturated heterocycles. The van der Waals surface area contributed by atoms with Gasteiger partial charge in [-0.15, -0.1) is 11.3 Å². The summed E-state index contributed by atoms with van der Waals surface area (Å²) in [6.45, 7) is 3.49. The lowest BCUT2D eigenvalue weighted by Gasteiger charge is -2.06. The third-order valence-electron chi connectivity index (χ3n) is 3.01. The molecule has 0 bridgehead atoms. The Morgan fingerprint density at radius 1 is 1.45 bits per heavy atom. The van der Waals surface area contributed by atoms with Gasteiger partial charge in [-0.2, -0.15) is 0 Å². The van der Waals surface area contributed by atoms with Crippen molar-refractivity contribution in [3.05, 3.63) is 39.6 Å². The van der Waals surface area contributed by atoms with E-state index in [2.05, 4.69) is 21.5 Å². The van der Waals surface area contributed by atoms with Crippen molar-refractivity contribution in [3.63, 3.8) is 0 Å². The Hall–Kier alpha value is -1.66. The van der Waals surface area contributed by atoms with Crippen molar-refractivity contribution in [1.29, 1.82) is 0 Å². The topological polar surface area (TPSA) is 42.8 Å². The van der Waals surface area contributed by atoms with Gasteiger partial charge in [0.2, 0.25) is 0 Å². The van der Waals surface area contributed by atoms with E-state index >= 15 is 0 Å². The van der Waals surface area contributed by atoms with Gasteiger partial charge in [-0.25, -0.2) is 4.98 Å². The molecule has 0 spiro atoms. The highest BCUT2D eigenvalue weighted by Gasteiger charge is 2.10. The highest BCUT2D eigenvalue weighted by molar-refractivity contribution is 7.71. The van der Waals surface area contributed by atoms with E-state index in [9.17, 15) is 0 Å². The maximum atomic E-state index is 5.77. The van der Waals surface area contributed by atoms with Gasteiger partial charge in [0.25, 0.3) is 0 Å². The number of benzene rings is 1. The lowest BCUT2D eigenvalue weighted by atomic mass is 10.3. The maximum absolute atomic E-state index is 5.77. The fourth-order valence-corrected chi connectivity index (χ4v) is 2.98. The number of thiazole rings is 1. The van der Waals surface area contributed by atoms with E-state index in [1.165, 1.54) is 0 Å². The highest BCUT2D eigenvalue weighted by atomic mass is 32.1. The molecule has 0 saturated carbocycles. The molecule has 3 aromatic rings. The summed E-state index contributed by atoms with van der Waals surface area (Å²) in [5.74, 6) is 0.855. The lowest BCUT2D eigenvalue weighted by Crippen LogP contribution is -1.99. The summed E-state index contributed by atoms with van der Waals surface area (Å²) >= 11 is 7.06. The molecule has 0 fully saturated rings. The van der Waals surface area contributed by atoms with Gasteiger partial charge in [0.15, 0.2) is 4.77 Å². The average Bonchev–Trinajstić information content (AvgIpc) is 3.06. The molecule has 4 nitrogen and oxygen atoms in total. The monoisotopic (exact) mass is 305 g/mol. The fourth-order valence-electron chi connectivity index (χ4n) is 2.11. The quantitative estimate of drug-likeness (QED) is 0.725. The minimum Gasteiger partial charge on any atom is -0.491 e. The van der Waals surface area contributed by atoms with Gasteiger partial charge in [-0.05, 0) is 30.8 Å². The molecule has 0 aliphatic rings. The molecule has 20 heavy (non-hydrogen) atoms. The summed E-state index contributed by atoms with van der Waals surface area (Å²) in [5, 5.41) is 3.02. The predicted octanol–water partition coefficient (Wildman–Crippen LogP) is 3.99. The first kappa shape index (κ1) is 13.3. The van der Waals surface area contributed by atoms with Crippen molar-refractivity contribution < 1.29 is 4.74 Å². The number of rotatable bonds is 5. The SMILES string of the molecule is CCCOc1cccc2c1[nH]c(=S)n2Cc1nccs1. The van der Waals surface area contributed by atoms with Crippen molar-refractivity contribution in [2.75, 3.05) is 6.61 Å². The Balaban J connectivity index is 2.05. The third-order valence-corrected chi connectivity index (χ3v) is 4.10. The first-order chi connectivity index (χ1) is 9.79. The van der Waals surface area contributed by atoms with Crippen molar-refractivity contribution in [2.24, 2.45) is 0 Å². The number of para-hydroxylation sites is 1. The van der Waals surface area contributed by atoms with Crippen molar-refractivity contribution in [1.82, 2.24) is 14.5 Å². The summed E-state index contributed by atoms with van der Waals surface area (Å²) in [4.78, 5) is 7.56. The van der Waals surface area contributed by atoms with Gasteiger partial charge >= 0.3 is 0 Å². The van der Waals surface area contributed by atoms with Gasteiger partial charge in [0.05, 0.1) is 18.7 Å². The molecule has 0 aliphatic heterocycles. The molecule has 2 heterocycles. The van der Waals surface area contributed by atoms with Crippen LogP contribution >= 0.6 is 23.6 Å². The molecule has 0 aliphatic carbocycles. The second kappa shape index (κ2) is 5.76. The number of fused-ring (bicyclic) bond motifs is 1. The standard InChI is InChI=1S/C14H15N3OS2/c1-2-7-18-11-5-3-4-10-13(11)16-14(19)17(10)9-12-15-6-8-20-12/h3-6,8H,2,7,9H2,1H3,(H,16,19). The summed E-state index contributed by atoms with van der Waals surface area (Å²) in [6.07, 6.45) is 2.80. The number of hydrogen-bond donors (Lipinski definition) is 1. The number of nitrogens with one attached hydrogen (secondary N) is 1. The molecular formula is C14H15N3OS2. The number of H-pyrrole nitrogens is 1. The molecule has 6 heteroatoms. The zero-order valence-electron chi connectivity index (χ0n) is 11.1. The molecular weight excluding hydrogens is 290 g/mol. The van der Waals surface area contributed by atoms with Crippen LogP contribution in [0.4, 0.5) is 0 Å².